The summed E-state index contributed by atoms with van der Waals surface area (Å²) < 4.78 is 12.4. The maximum Gasteiger partial charge on any atom is 0.361 e. The Morgan fingerprint density at radius 3 is 2.84 bits per heavy atom. The van der Waals surface area contributed by atoms with Gasteiger partial charge in [-0.3, -0.25) is 0 Å². The fourth-order valence-corrected chi connectivity index (χ4v) is 2.02. The molecular formula is C13H21N3O3. The van der Waals surface area contributed by atoms with Crippen molar-refractivity contribution in [3.05, 3.63) is 11.4 Å². The number of hydrogen-bond donors (Lipinski definition) is 0. The number of rotatable bonds is 3. The average Bonchev–Trinajstić information content (AvgIpc) is 2.88. The Hall–Kier alpha value is -1.43. The van der Waals surface area contributed by atoms with Gasteiger partial charge in [0.2, 0.25) is 0 Å². The molecule has 6 heteroatoms. The second kappa shape index (κ2) is 5.28. The zero-order chi connectivity index (χ0) is 14.0. The lowest BCUT2D eigenvalue weighted by Gasteiger charge is -2.18. The first-order valence-electron chi connectivity index (χ1n) is 6.58. The molecule has 1 fully saturated rings. The molecule has 1 aromatic rings. The topological polar surface area (TPSA) is 66.2 Å². The summed E-state index contributed by atoms with van der Waals surface area (Å²) in [4.78, 5) is 12.0. The summed E-state index contributed by atoms with van der Waals surface area (Å²) in [5, 5.41) is 7.98. The van der Waals surface area contributed by atoms with Crippen molar-refractivity contribution >= 4 is 5.97 Å². The van der Waals surface area contributed by atoms with Crippen LogP contribution in [0.25, 0.3) is 0 Å². The highest BCUT2D eigenvalue weighted by atomic mass is 16.6. The van der Waals surface area contributed by atoms with E-state index in [0.717, 1.165) is 31.9 Å². The average molecular weight is 267 g/mol. The molecule has 106 valence electrons. The van der Waals surface area contributed by atoms with Crippen molar-refractivity contribution in [1.29, 1.82) is 0 Å². The van der Waals surface area contributed by atoms with Gasteiger partial charge < -0.3 is 9.47 Å². The summed E-state index contributed by atoms with van der Waals surface area (Å²) in [6.07, 6.45) is 1.03. The molecule has 1 saturated heterocycles. The Kier molecular flexibility index (Phi) is 3.89. The van der Waals surface area contributed by atoms with Crippen molar-refractivity contribution in [2.24, 2.45) is 5.92 Å². The van der Waals surface area contributed by atoms with Crippen LogP contribution >= 0.6 is 0 Å². The number of esters is 1. The van der Waals surface area contributed by atoms with E-state index >= 15 is 0 Å². The van der Waals surface area contributed by atoms with Crippen molar-refractivity contribution in [2.75, 3.05) is 13.2 Å². The molecule has 0 amide bonds. The fourth-order valence-electron chi connectivity index (χ4n) is 2.02. The van der Waals surface area contributed by atoms with Gasteiger partial charge in [-0.05, 0) is 34.1 Å². The highest BCUT2D eigenvalue weighted by Gasteiger charge is 2.25. The van der Waals surface area contributed by atoms with Gasteiger partial charge in [-0.25, -0.2) is 9.48 Å². The molecular weight excluding hydrogens is 246 g/mol. The highest BCUT2D eigenvalue weighted by molar-refractivity contribution is 5.88. The van der Waals surface area contributed by atoms with E-state index < -0.39 is 11.6 Å². The molecule has 2 heterocycles. The van der Waals surface area contributed by atoms with Crippen LogP contribution in [-0.2, 0) is 16.0 Å². The Morgan fingerprint density at radius 2 is 2.26 bits per heavy atom. The molecule has 0 aliphatic carbocycles. The first kappa shape index (κ1) is 14.0. The predicted octanol–water partition coefficient (Wildman–Crippen LogP) is 1.58. The van der Waals surface area contributed by atoms with Gasteiger partial charge in [0.15, 0.2) is 5.69 Å². The number of carbonyl (C=O) groups excluding carboxylic acids is 1. The Morgan fingerprint density at radius 1 is 1.53 bits per heavy atom. The van der Waals surface area contributed by atoms with Gasteiger partial charge in [0.25, 0.3) is 0 Å². The van der Waals surface area contributed by atoms with Crippen LogP contribution in [0.1, 0.15) is 43.4 Å². The number of carbonyl (C=O) groups is 1. The van der Waals surface area contributed by atoms with E-state index in [9.17, 15) is 4.79 Å². The van der Waals surface area contributed by atoms with Crippen LogP contribution in [0.4, 0.5) is 0 Å². The molecule has 2 rings (SSSR count). The van der Waals surface area contributed by atoms with Crippen molar-refractivity contribution in [3.63, 3.8) is 0 Å². The molecule has 1 unspecified atom stereocenters. The van der Waals surface area contributed by atoms with E-state index in [0.29, 0.717) is 11.6 Å². The monoisotopic (exact) mass is 267 g/mol. The van der Waals surface area contributed by atoms with Crippen molar-refractivity contribution in [1.82, 2.24) is 15.0 Å². The number of aromatic nitrogens is 3. The van der Waals surface area contributed by atoms with Crippen molar-refractivity contribution in [3.8, 4) is 0 Å². The molecule has 1 aliphatic rings. The zero-order valence-electron chi connectivity index (χ0n) is 12.0. The van der Waals surface area contributed by atoms with E-state index in [4.69, 9.17) is 9.47 Å². The van der Waals surface area contributed by atoms with E-state index in [1.54, 1.807) is 4.68 Å². The SMILES string of the molecule is Cc1c(C(=O)OC(C)(C)C)nnn1CC1CCOC1. The Labute approximate surface area is 113 Å². The molecule has 19 heavy (non-hydrogen) atoms. The largest absolute Gasteiger partial charge is 0.455 e. The molecule has 0 bridgehead atoms. The second-order valence-corrected chi connectivity index (χ2v) is 5.94. The van der Waals surface area contributed by atoms with Crippen LogP contribution in [-0.4, -0.2) is 39.8 Å². The fraction of sp³-hybridized carbons (Fsp3) is 0.769. The molecule has 0 aromatic carbocycles. The summed E-state index contributed by atoms with van der Waals surface area (Å²) in [5.74, 6) is 0.0332. The van der Waals surface area contributed by atoms with Crippen LogP contribution in [0, 0.1) is 12.8 Å². The quantitative estimate of drug-likeness (QED) is 0.778. The second-order valence-electron chi connectivity index (χ2n) is 5.94. The summed E-state index contributed by atoms with van der Waals surface area (Å²) in [6.45, 7) is 9.64. The third kappa shape index (κ3) is 3.53. The number of ether oxygens (including phenoxy) is 2. The van der Waals surface area contributed by atoms with Crippen LogP contribution in [0.15, 0.2) is 0 Å². The lowest BCUT2D eigenvalue weighted by atomic mass is 10.1. The standard InChI is InChI=1S/C13H21N3O3/c1-9-11(12(17)19-13(2,3)4)14-15-16(9)7-10-5-6-18-8-10/h10H,5-8H2,1-4H3. The van der Waals surface area contributed by atoms with Crippen LogP contribution < -0.4 is 0 Å². The van der Waals surface area contributed by atoms with Gasteiger partial charge in [0.1, 0.15) is 5.60 Å². The third-order valence-electron chi connectivity index (χ3n) is 3.03. The Balaban J connectivity index is 2.06. The lowest BCUT2D eigenvalue weighted by Crippen LogP contribution is -2.24. The molecule has 0 radical (unpaired) electrons. The van der Waals surface area contributed by atoms with Gasteiger partial charge in [-0.2, -0.15) is 0 Å². The van der Waals surface area contributed by atoms with Gasteiger partial charge in [-0.15, -0.1) is 5.10 Å². The van der Waals surface area contributed by atoms with Gasteiger partial charge in [0, 0.05) is 19.1 Å². The van der Waals surface area contributed by atoms with E-state index in [2.05, 4.69) is 10.3 Å². The summed E-state index contributed by atoms with van der Waals surface area (Å²) >= 11 is 0. The molecule has 1 aromatic heterocycles. The maximum atomic E-state index is 12.0. The van der Waals surface area contributed by atoms with Gasteiger partial charge >= 0.3 is 5.97 Å². The normalized spacial score (nSPS) is 19.7. The first-order chi connectivity index (χ1) is 8.87. The van der Waals surface area contributed by atoms with Crippen molar-refractivity contribution < 1.29 is 14.3 Å². The van der Waals surface area contributed by atoms with Gasteiger partial charge in [-0.1, -0.05) is 5.21 Å². The van der Waals surface area contributed by atoms with E-state index in [1.165, 1.54) is 0 Å². The number of nitrogens with zero attached hydrogens (tertiary/aromatic N) is 3. The minimum Gasteiger partial charge on any atom is -0.455 e. The van der Waals surface area contributed by atoms with Crippen LogP contribution in [0.5, 0.6) is 0 Å². The summed E-state index contributed by atoms with van der Waals surface area (Å²) in [5.41, 5.74) is 0.530. The minimum atomic E-state index is -0.521. The molecule has 0 spiro atoms. The number of hydrogen-bond acceptors (Lipinski definition) is 5. The molecule has 0 saturated carbocycles. The molecule has 1 atom stereocenters. The minimum absolute atomic E-state index is 0.300. The van der Waals surface area contributed by atoms with E-state index in [-0.39, 0.29) is 0 Å². The predicted molar refractivity (Wildman–Crippen MR) is 68.9 cm³/mol. The van der Waals surface area contributed by atoms with Crippen LogP contribution in [0.3, 0.4) is 0 Å². The third-order valence-corrected chi connectivity index (χ3v) is 3.03. The van der Waals surface area contributed by atoms with Crippen LogP contribution in [0.2, 0.25) is 0 Å². The lowest BCUT2D eigenvalue weighted by molar-refractivity contribution is 0.00618. The molecule has 6 nitrogen and oxygen atoms in total. The smallest absolute Gasteiger partial charge is 0.361 e. The summed E-state index contributed by atoms with van der Waals surface area (Å²) in [7, 11) is 0. The summed E-state index contributed by atoms with van der Waals surface area (Å²) in [6, 6.07) is 0. The zero-order valence-corrected chi connectivity index (χ0v) is 12.0. The molecule has 0 N–H and O–H groups in total. The van der Waals surface area contributed by atoms with Crippen molar-refractivity contribution in [2.45, 2.75) is 46.3 Å². The highest BCUT2D eigenvalue weighted by Crippen LogP contribution is 2.17. The first-order valence-corrected chi connectivity index (χ1v) is 6.58. The Bertz CT molecular complexity index is 456. The van der Waals surface area contributed by atoms with Gasteiger partial charge in [0.05, 0.1) is 12.3 Å². The molecule has 1 aliphatic heterocycles. The maximum absolute atomic E-state index is 12.0. The van der Waals surface area contributed by atoms with E-state index in [1.807, 2.05) is 27.7 Å².